The van der Waals surface area contributed by atoms with Gasteiger partial charge in [-0.25, -0.2) is 4.79 Å². The molecule has 0 heterocycles. The number of carbonyl (C=O) groups is 1. The van der Waals surface area contributed by atoms with Crippen LogP contribution in [0.2, 0.25) is 0 Å². The summed E-state index contributed by atoms with van der Waals surface area (Å²) < 4.78 is 3.28. The quantitative estimate of drug-likeness (QED) is 0.495. The topological polar surface area (TPSA) is 56.4 Å². The molecule has 3 aromatic carbocycles. The molecule has 6 heteroatoms. The largest absolute Gasteiger partial charge is 0.378 e. The van der Waals surface area contributed by atoms with Crippen molar-refractivity contribution in [2.24, 2.45) is 0 Å². The number of anilines is 4. The lowest BCUT2D eigenvalue weighted by Crippen LogP contribution is -2.19. The van der Waals surface area contributed by atoms with Crippen molar-refractivity contribution >= 4 is 40.7 Å². The molecule has 3 aromatic rings. The van der Waals surface area contributed by atoms with E-state index in [1.807, 2.05) is 97.9 Å². The number of hydrogen-bond donors (Lipinski definition) is 3. The minimum absolute atomic E-state index is 0.268. The van der Waals surface area contributed by atoms with Crippen LogP contribution in [0.25, 0.3) is 0 Å². The summed E-state index contributed by atoms with van der Waals surface area (Å²) in [6.45, 7) is 0. The number of nitrogens with zero attached hydrogens (tertiary/aromatic N) is 1. The Balaban J connectivity index is 1.50. The summed E-state index contributed by atoms with van der Waals surface area (Å²) in [6, 6.07) is 25.1. The average Bonchev–Trinajstić information content (AvgIpc) is 2.68. The molecular formula is C21H22N4OS. The second-order valence-corrected chi connectivity index (χ2v) is 6.99. The standard InChI is InChI=1S/C21H22N4OS/c1-25(2)19-12-8-16(9-13-19)22-21(26)23-17-10-14-20(15-11-17)27-24-18-6-4-3-5-7-18/h3-15,24H,1-2H3,(H2,22,23,26). The summed E-state index contributed by atoms with van der Waals surface area (Å²) in [5.74, 6) is 0. The van der Waals surface area contributed by atoms with E-state index in [4.69, 9.17) is 0 Å². The summed E-state index contributed by atoms with van der Waals surface area (Å²) in [7, 11) is 3.96. The summed E-state index contributed by atoms with van der Waals surface area (Å²) in [6.07, 6.45) is 0. The first kappa shape index (κ1) is 18.7. The monoisotopic (exact) mass is 378 g/mol. The number of amides is 2. The Bertz CT molecular complexity index is 865. The van der Waals surface area contributed by atoms with Crippen molar-refractivity contribution in [1.29, 1.82) is 0 Å². The lowest BCUT2D eigenvalue weighted by molar-refractivity contribution is 0.262. The Hall–Kier alpha value is -3.12. The van der Waals surface area contributed by atoms with E-state index >= 15 is 0 Å². The molecule has 0 atom stereocenters. The lowest BCUT2D eigenvalue weighted by Gasteiger charge is -2.13. The van der Waals surface area contributed by atoms with Gasteiger partial charge in [-0.1, -0.05) is 18.2 Å². The smallest absolute Gasteiger partial charge is 0.323 e. The van der Waals surface area contributed by atoms with Crippen LogP contribution in [0.4, 0.5) is 27.5 Å². The molecule has 27 heavy (non-hydrogen) atoms. The number of urea groups is 1. The third-order valence-corrected chi connectivity index (χ3v) is 4.66. The summed E-state index contributed by atoms with van der Waals surface area (Å²) in [5, 5.41) is 5.67. The molecule has 0 saturated heterocycles. The zero-order valence-electron chi connectivity index (χ0n) is 15.3. The molecule has 2 amide bonds. The molecule has 3 rings (SSSR count). The highest BCUT2D eigenvalue weighted by atomic mass is 32.2. The van der Waals surface area contributed by atoms with Gasteiger partial charge in [0, 0.05) is 41.7 Å². The molecule has 0 spiro atoms. The van der Waals surface area contributed by atoms with E-state index in [1.165, 1.54) is 11.9 Å². The lowest BCUT2D eigenvalue weighted by atomic mass is 10.2. The second-order valence-electron chi connectivity index (χ2n) is 6.11. The van der Waals surface area contributed by atoms with Crippen LogP contribution < -0.4 is 20.3 Å². The second kappa shape index (κ2) is 9.00. The van der Waals surface area contributed by atoms with Crippen LogP contribution in [0.1, 0.15) is 0 Å². The fourth-order valence-corrected chi connectivity index (χ4v) is 3.01. The summed E-state index contributed by atoms with van der Waals surface area (Å²) in [5.41, 5.74) is 3.61. The molecule has 0 radical (unpaired) electrons. The first-order valence-corrected chi connectivity index (χ1v) is 9.35. The van der Waals surface area contributed by atoms with Gasteiger partial charge in [-0.2, -0.15) is 0 Å². The molecule has 0 aliphatic heterocycles. The summed E-state index contributed by atoms with van der Waals surface area (Å²) in [4.78, 5) is 15.2. The van der Waals surface area contributed by atoms with Crippen LogP contribution in [0, 0.1) is 0 Å². The van der Waals surface area contributed by atoms with E-state index in [0.717, 1.165) is 27.6 Å². The van der Waals surface area contributed by atoms with Crippen molar-refractivity contribution in [2.45, 2.75) is 4.90 Å². The predicted octanol–water partition coefficient (Wildman–Crippen LogP) is 5.52. The number of carbonyl (C=O) groups excluding carboxylic acids is 1. The molecule has 3 N–H and O–H groups in total. The zero-order valence-corrected chi connectivity index (χ0v) is 16.1. The van der Waals surface area contributed by atoms with Crippen LogP contribution in [-0.2, 0) is 0 Å². The number of para-hydroxylation sites is 1. The van der Waals surface area contributed by atoms with E-state index in [2.05, 4.69) is 15.4 Å². The van der Waals surface area contributed by atoms with Crippen LogP contribution in [0.3, 0.4) is 0 Å². The van der Waals surface area contributed by atoms with Crippen LogP contribution >= 0.6 is 11.9 Å². The molecule has 0 saturated carbocycles. The van der Waals surface area contributed by atoms with Crippen LogP contribution in [0.15, 0.2) is 83.8 Å². The van der Waals surface area contributed by atoms with Gasteiger partial charge in [-0.05, 0) is 72.6 Å². The van der Waals surface area contributed by atoms with Gasteiger partial charge in [0.25, 0.3) is 0 Å². The molecule has 0 bridgehead atoms. The molecule has 0 fully saturated rings. The summed E-state index contributed by atoms with van der Waals surface area (Å²) >= 11 is 1.53. The van der Waals surface area contributed by atoms with E-state index in [-0.39, 0.29) is 6.03 Å². The van der Waals surface area contributed by atoms with Gasteiger partial charge in [0.05, 0.1) is 0 Å². The number of nitrogens with one attached hydrogen (secondary N) is 3. The normalized spacial score (nSPS) is 10.1. The van der Waals surface area contributed by atoms with Crippen LogP contribution in [0.5, 0.6) is 0 Å². The third-order valence-electron chi connectivity index (χ3n) is 3.81. The fraction of sp³-hybridized carbons (Fsp3) is 0.0952. The molecule has 0 aromatic heterocycles. The maximum absolute atomic E-state index is 12.1. The van der Waals surface area contributed by atoms with Gasteiger partial charge in [0.15, 0.2) is 0 Å². The highest BCUT2D eigenvalue weighted by molar-refractivity contribution is 8.00. The first-order chi connectivity index (χ1) is 13.1. The van der Waals surface area contributed by atoms with Gasteiger partial charge in [0.1, 0.15) is 0 Å². The van der Waals surface area contributed by atoms with Crippen molar-refractivity contribution in [3.05, 3.63) is 78.9 Å². The van der Waals surface area contributed by atoms with Crippen molar-refractivity contribution < 1.29 is 4.79 Å². The molecule has 0 aliphatic rings. The minimum Gasteiger partial charge on any atom is -0.378 e. The maximum atomic E-state index is 12.1. The Labute approximate surface area is 163 Å². The molecule has 0 aliphatic carbocycles. The SMILES string of the molecule is CN(C)c1ccc(NC(=O)Nc2ccc(SNc3ccccc3)cc2)cc1. The number of hydrogen-bond acceptors (Lipinski definition) is 4. The van der Waals surface area contributed by atoms with Crippen molar-refractivity contribution in [2.75, 3.05) is 34.4 Å². The van der Waals surface area contributed by atoms with E-state index in [1.54, 1.807) is 0 Å². The van der Waals surface area contributed by atoms with E-state index < -0.39 is 0 Å². The molecular weight excluding hydrogens is 356 g/mol. The van der Waals surface area contributed by atoms with E-state index in [0.29, 0.717) is 0 Å². The zero-order chi connectivity index (χ0) is 19.1. The van der Waals surface area contributed by atoms with Crippen molar-refractivity contribution in [1.82, 2.24) is 0 Å². The minimum atomic E-state index is -0.268. The van der Waals surface area contributed by atoms with Gasteiger partial charge < -0.3 is 20.3 Å². The van der Waals surface area contributed by atoms with E-state index in [9.17, 15) is 4.79 Å². The van der Waals surface area contributed by atoms with Gasteiger partial charge in [-0.3, -0.25) is 0 Å². The predicted molar refractivity (Wildman–Crippen MR) is 116 cm³/mol. The highest BCUT2D eigenvalue weighted by Gasteiger charge is 2.04. The molecule has 5 nitrogen and oxygen atoms in total. The maximum Gasteiger partial charge on any atom is 0.323 e. The number of rotatable bonds is 6. The third kappa shape index (κ3) is 5.69. The average molecular weight is 379 g/mol. The molecule has 0 unspecified atom stereocenters. The molecule has 138 valence electrons. The Kier molecular flexibility index (Phi) is 6.22. The van der Waals surface area contributed by atoms with Gasteiger partial charge in [0.2, 0.25) is 0 Å². The number of benzene rings is 3. The van der Waals surface area contributed by atoms with Gasteiger partial charge in [-0.15, -0.1) is 0 Å². The highest BCUT2D eigenvalue weighted by Crippen LogP contribution is 2.22. The first-order valence-electron chi connectivity index (χ1n) is 8.53. The Morgan fingerprint density at radius 3 is 1.85 bits per heavy atom. The fourth-order valence-electron chi connectivity index (χ4n) is 2.37. The Morgan fingerprint density at radius 2 is 1.30 bits per heavy atom. The Morgan fingerprint density at radius 1 is 0.741 bits per heavy atom. The van der Waals surface area contributed by atoms with Crippen molar-refractivity contribution in [3.63, 3.8) is 0 Å². The van der Waals surface area contributed by atoms with Crippen LogP contribution in [-0.4, -0.2) is 20.1 Å². The van der Waals surface area contributed by atoms with Crippen molar-refractivity contribution in [3.8, 4) is 0 Å². The van der Waals surface area contributed by atoms with Gasteiger partial charge >= 0.3 is 6.03 Å².